The first-order valence-corrected chi connectivity index (χ1v) is 8.65. The monoisotopic (exact) mass is 378 g/mol. The summed E-state index contributed by atoms with van der Waals surface area (Å²) in [5, 5.41) is 3.76. The maximum Gasteiger partial charge on any atom is 0.339 e. The number of halogens is 1. The van der Waals surface area contributed by atoms with E-state index < -0.39 is 5.63 Å². The van der Waals surface area contributed by atoms with E-state index in [1.54, 1.807) is 17.9 Å². The van der Waals surface area contributed by atoms with Crippen LogP contribution in [0.4, 0.5) is 0 Å². The van der Waals surface area contributed by atoms with E-state index in [0.29, 0.717) is 35.8 Å². The molecule has 0 aliphatic carbocycles. The summed E-state index contributed by atoms with van der Waals surface area (Å²) >= 11 is 6.26. The molecule has 3 rings (SSSR count). The van der Waals surface area contributed by atoms with Crippen LogP contribution < -0.4 is 15.7 Å². The summed E-state index contributed by atoms with van der Waals surface area (Å²) in [5.74, 6) is -0.0402. The van der Waals surface area contributed by atoms with Crippen molar-refractivity contribution in [2.45, 2.75) is 20.3 Å². The average Bonchev–Trinajstić information content (AvgIpc) is 2.83. The Balaban J connectivity index is 1.77. The van der Waals surface area contributed by atoms with Crippen LogP contribution in [-0.2, 0) is 9.59 Å². The predicted molar refractivity (Wildman–Crippen MR) is 96.7 cm³/mol. The molecule has 2 aromatic rings. The summed E-state index contributed by atoms with van der Waals surface area (Å²) in [6, 6.07) is 3.18. The smallest absolute Gasteiger partial charge is 0.339 e. The van der Waals surface area contributed by atoms with Crippen molar-refractivity contribution in [2.75, 3.05) is 26.2 Å². The molecule has 1 aliphatic heterocycles. The molecule has 26 heavy (non-hydrogen) atoms. The van der Waals surface area contributed by atoms with Gasteiger partial charge in [0.05, 0.1) is 5.02 Å². The molecular formula is C18H19ClN2O5. The van der Waals surface area contributed by atoms with E-state index in [1.807, 2.05) is 6.92 Å². The van der Waals surface area contributed by atoms with Crippen LogP contribution in [0, 0.1) is 13.8 Å². The fourth-order valence-corrected chi connectivity index (χ4v) is 3.02. The Bertz CT molecular complexity index is 937. The summed E-state index contributed by atoms with van der Waals surface area (Å²) in [4.78, 5) is 37.1. The van der Waals surface area contributed by atoms with Crippen LogP contribution in [0.15, 0.2) is 21.3 Å². The molecule has 2 heterocycles. The number of hydrogen-bond donors (Lipinski definition) is 1. The third-order valence-electron chi connectivity index (χ3n) is 4.53. The molecule has 7 nitrogen and oxygen atoms in total. The maximum absolute atomic E-state index is 12.3. The van der Waals surface area contributed by atoms with E-state index in [9.17, 15) is 14.4 Å². The van der Waals surface area contributed by atoms with Gasteiger partial charge in [0.1, 0.15) is 11.3 Å². The lowest BCUT2D eigenvalue weighted by atomic mass is 10.1. The van der Waals surface area contributed by atoms with Crippen LogP contribution in [0.2, 0.25) is 5.02 Å². The number of amides is 2. The van der Waals surface area contributed by atoms with Gasteiger partial charge in [0.25, 0.3) is 5.91 Å². The largest absolute Gasteiger partial charge is 0.482 e. The second-order valence-electron chi connectivity index (χ2n) is 6.19. The molecule has 0 radical (unpaired) electrons. The molecule has 0 saturated carbocycles. The van der Waals surface area contributed by atoms with Crippen molar-refractivity contribution in [1.29, 1.82) is 0 Å². The van der Waals surface area contributed by atoms with Gasteiger partial charge < -0.3 is 19.4 Å². The minimum atomic E-state index is -0.416. The number of fused-ring (bicyclic) bond motifs is 1. The molecule has 1 aromatic carbocycles. The lowest BCUT2D eigenvalue weighted by Crippen LogP contribution is -2.37. The molecule has 2 amide bonds. The number of carbonyl (C=O) groups is 2. The van der Waals surface area contributed by atoms with Gasteiger partial charge in [-0.3, -0.25) is 9.59 Å². The van der Waals surface area contributed by atoms with Gasteiger partial charge in [0.15, 0.2) is 6.61 Å². The Hall–Kier alpha value is -2.54. The molecule has 0 atom stereocenters. The summed E-state index contributed by atoms with van der Waals surface area (Å²) in [5.41, 5.74) is 1.26. The molecule has 1 N–H and O–H groups in total. The van der Waals surface area contributed by atoms with Crippen molar-refractivity contribution in [2.24, 2.45) is 0 Å². The minimum absolute atomic E-state index is 0.0699. The summed E-state index contributed by atoms with van der Waals surface area (Å²) < 4.78 is 10.8. The third kappa shape index (κ3) is 3.67. The van der Waals surface area contributed by atoms with Crippen LogP contribution in [0.3, 0.4) is 0 Å². The first kappa shape index (κ1) is 18.3. The standard InChI is InChI=1S/C18H19ClN2O5/c1-10-11(2)18(24)26-14-8-15(13(19)7-12(10)14)25-9-17(23)21-5-3-16(22)20-4-6-21/h7-8H,3-6,9H2,1-2H3,(H,20,22). The number of carbonyl (C=O) groups excluding carboxylic acids is 2. The van der Waals surface area contributed by atoms with Gasteiger partial charge in [-0.1, -0.05) is 11.6 Å². The maximum atomic E-state index is 12.3. The topological polar surface area (TPSA) is 88.8 Å². The molecule has 1 aliphatic rings. The number of nitrogens with zero attached hydrogens (tertiary/aromatic N) is 1. The first-order chi connectivity index (χ1) is 12.4. The number of hydrogen-bond acceptors (Lipinski definition) is 5. The fourth-order valence-electron chi connectivity index (χ4n) is 2.80. The highest BCUT2D eigenvalue weighted by atomic mass is 35.5. The lowest BCUT2D eigenvalue weighted by Gasteiger charge is -2.20. The second-order valence-corrected chi connectivity index (χ2v) is 6.59. The van der Waals surface area contributed by atoms with E-state index in [1.165, 1.54) is 6.07 Å². The van der Waals surface area contributed by atoms with Gasteiger partial charge in [0.2, 0.25) is 5.91 Å². The van der Waals surface area contributed by atoms with Crippen molar-refractivity contribution < 1.29 is 18.7 Å². The second kappa shape index (κ2) is 7.37. The number of rotatable bonds is 3. The highest BCUT2D eigenvalue weighted by molar-refractivity contribution is 6.32. The van der Waals surface area contributed by atoms with E-state index >= 15 is 0 Å². The Morgan fingerprint density at radius 3 is 2.81 bits per heavy atom. The van der Waals surface area contributed by atoms with Gasteiger partial charge >= 0.3 is 5.63 Å². The van der Waals surface area contributed by atoms with Crippen molar-refractivity contribution >= 4 is 34.4 Å². The van der Waals surface area contributed by atoms with E-state index in [4.69, 9.17) is 20.8 Å². The van der Waals surface area contributed by atoms with Gasteiger partial charge in [-0.25, -0.2) is 4.79 Å². The van der Waals surface area contributed by atoms with Crippen LogP contribution in [0.1, 0.15) is 17.5 Å². The average molecular weight is 379 g/mol. The van der Waals surface area contributed by atoms with Gasteiger partial charge in [0, 0.05) is 43.1 Å². The fraction of sp³-hybridized carbons (Fsp3) is 0.389. The molecule has 0 unspecified atom stereocenters. The number of aryl methyl sites for hydroxylation is 1. The van der Waals surface area contributed by atoms with Crippen LogP contribution in [0.5, 0.6) is 5.75 Å². The Labute approximate surface area is 154 Å². The number of ether oxygens (including phenoxy) is 1. The van der Waals surface area contributed by atoms with Crippen molar-refractivity contribution in [1.82, 2.24) is 10.2 Å². The van der Waals surface area contributed by atoms with Crippen LogP contribution in [0.25, 0.3) is 11.0 Å². The molecule has 138 valence electrons. The SMILES string of the molecule is Cc1c(C)c2cc(Cl)c(OCC(=O)N3CCNC(=O)CC3)cc2oc1=O. The zero-order valence-electron chi connectivity index (χ0n) is 14.6. The Morgan fingerprint density at radius 2 is 2.04 bits per heavy atom. The highest BCUT2D eigenvalue weighted by Crippen LogP contribution is 2.31. The predicted octanol–water partition coefficient (Wildman–Crippen LogP) is 1.79. The van der Waals surface area contributed by atoms with Crippen molar-refractivity contribution in [3.8, 4) is 5.75 Å². The normalized spacial score (nSPS) is 14.9. The molecule has 0 bridgehead atoms. The molecule has 0 spiro atoms. The number of nitrogens with one attached hydrogen (secondary N) is 1. The van der Waals surface area contributed by atoms with E-state index in [0.717, 1.165) is 10.9 Å². The summed E-state index contributed by atoms with van der Waals surface area (Å²) in [6.07, 6.45) is 0.270. The van der Waals surface area contributed by atoms with Crippen LogP contribution >= 0.6 is 11.6 Å². The van der Waals surface area contributed by atoms with Gasteiger partial charge in [-0.05, 0) is 25.5 Å². The summed E-state index contributed by atoms with van der Waals surface area (Å²) in [7, 11) is 0. The van der Waals surface area contributed by atoms with Gasteiger partial charge in [-0.2, -0.15) is 0 Å². The minimum Gasteiger partial charge on any atom is -0.482 e. The highest BCUT2D eigenvalue weighted by Gasteiger charge is 2.19. The Morgan fingerprint density at radius 1 is 1.27 bits per heavy atom. The molecule has 8 heteroatoms. The van der Waals surface area contributed by atoms with E-state index in [2.05, 4.69) is 5.32 Å². The van der Waals surface area contributed by atoms with Crippen LogP contribution in [-0.4, -0.2) is 43.0 Å². The number of benzene rings is 1. The van der Waals surface area contributed by atoms with Gasteiger partial charge in [-0.15, -0.1) is 0 Å². The zero-order chi connectivity index (χ0) is 18.8. The molecule has 1 aromatic heterocycles. The van der Waals surface area contributed by atoms with E-state index in [-0.39, 0.29) is 30.6 Å². The lowest BCUT2D eigenvalue weighted by molar-refractivity contribution is -0.133. The third-order valence-corrected chi connectivity index (χ3v) is 4.82. The molecule has 1 fully saturated rings. The molecule has 1 saturated heterocycles. The quantitative estimate of drug-likeness (QED) is 0.822. The zero-order valence-corrected chi connectivity index (χ0v) is 15.3. The molecular weight excluding hydrogens is 360 g/mol. The summed E-state index contributed by atoms with van der Waals surface area (Å²) in [6.45, 7) is 4.52. The van der Waals surface area contributed by atoms with Crippen molar-refractivity contribution in [3.05, 3.63) is 38.7 Å². The Kier molecular flexibility index (Phi) is 5.18. The first-order valence-electron chi connectivity index (χ1n) is 8.27. The van der Waals surface area contributed by atoms with Crippen molar-refractivity contribution in [3.63, 3.8) is 0 Å².